The standard InChI is InChI=1S/C22H27FN2O2/c1-5-27-20(26)17-11-24-18-7-6-14(23)8-16(18)19(17)25-13-22(4)10-15(25)9-21(2,3)12-22/h6-8,11,15H,5,9-10,12-13H2,1-4H3/p+1/t15-,22-/m0/s1. The Kier molecular flexibility index (Phi) is 4.17. The lowest BCUT2D eigenvalue weighted by molar-refractivity contribution is -0.344. The van der Waals surface area contributed by atoms with Gasteiger partial charge in [-0.05, 0) is 49.1 Å². The molecule has 5 heteroatoms. The first-order valence-electron chi connectivity index (χ1n) is 9.79. The lowest BCUT2D eigenvalue weighted by atomic mass is 9.65. The third-order valence-corrected chi connectivity index (χ3v) is 6.06. The normalized spacial score (nSPS) is 26.4. The van der Waals surface area contributed by atoms with Crippen LogP contribution in [-0.4, -0.2) is 25.2 Å². The topological polar surface area (TPSA) is 43.7 Å². The van der Waals surface area contributed by atoms with Crippen LogP contribution in [0.25, 0.3) is 10.9 Å². The second-order valence-electron chi connectivity index (χ2n) is 9.30. The minimum absolute atomic E-state index is 0.206. The number of hydrogen-bond acceptors (Lipinski definition) is 3. The van der Waals surface area contributed by atoms with E-state index in [1.54, 1.807) is 19.2 Å². The molecule has 2 atom stereocenters. The van der Waals surface area contributed by atoms with E-state index >= 15 is 0 Å². The number of anilines is 1. The molecule has 0 unspecified atom stereocenters. The van der Waals surface area contributed by atoms with Crippen LogP contribution in [0.15, 0.2) is 24.4 Å². The Morgan fingerprint density at radius 1 is 1.33 bits per heavy atom. The van der Waals surface area contributed by atoms with E-state index in [-0.39, 0.29) is 22.6 Å². The second kappa shape index (κ2) is 6.18. The average Bonchev–Trinajstić information content (AvgIpc) is 2.82. The molecule has 1 aliphatic heterocycles. The molecule has 2 bridgehead atoms. The fourth-order valence-corrected chi connectivity index (χ4v) is 5.60. The van der Waals surface area contributed by atoms with Crippen molar-refractivity contribution in [3.63, 3.8) is 0 Å². The molecule has 1 aromatic heterocycles. The fraction of sp³-hybridized carbons (Fsp3) is 0.545. The molecule has 4 rings (SSSR count). The number of aromatic amines is 1. The first kappa shape index (κ1) is 18.2. The Morgan fingerprint density at radius 2 is 2.11 bits per heavy atom. The van der Waals surface area contributed by atoms with Crippen LogP contribution in [0.5, 0.6) is 0 Å². The summed E-state index contributed by atoms with van der Waals surface area (Å²) in [4.78, 5) is 18.2. The largest absolute Gasteiger partial charge is 0.462 e. The summed E-state index contributed by atoms with van der Waals surface area (Å²) >= 11 is 0. The summed E-state index contributed by atoms with van der Waals surface area (Å²) in [5, 5.41) is 0.745. The van der Waals surface area contributed by atoms with Gasteiger partial charge in [-0.1, -0.05) is 20.8 Å². The van der Waals surface area contributed by atoms with Crippen LogP contribution in [-0.2, 0) is 4.74 Å². The quantitative estimate of drug-likeness (QED) is 0.752. The van der Waals surface area contributed by atoms with E-state index in [0.29, 0.717) is 18.2 Å². The zero-order valence-electron chi connectivity index (χ0n) is 16.6. The molecule has 2 heterocycles. The van der Waals surface area contributed by atoms with Crippen LogP contribution >= 0.6 is 0 Å². The molecule has 2 aromatic rings. The van der Waals surface area contributed by atoms with Gasteiger partial charge in [0.05, 0.1) is 17.7 Å². The number of carbonyl (C=O) groups is 1. The molecular formula is C22H28FN2O2+. The van der Waals surface area contributed by atoms with Gasteiger partial charge in [0.25, 0.3) is 0 Å². The molecular weight excluding hydrogens is 343 g/mol. The predicted octanol–water partition coefficient (Wildman–Crippen LogP) is 4.37. The lowest BCUT2D eigenvalue weighted by Crippen LogP contribution is -2.35. The van der Waals surface area contributed by atoms with Crippen LogP contribution in [0.2, 0.25) is 0 Å². The third-order valence-electron chi connectivity index (χ3n) is 6.06. The smallest absolute Gasteiger partial charge is 0.346 e. The Labute approximate surface area is 159 Å². The maximum absolute atomic E-state index is 14.1. The Hall–Kier alpha value is -2.17. The molecule has 0 amide bonds. The number of hydrogen-bond donors (Lipinski definition) is 0. The number of nitrogens with one attached hydrogen (secondary N) is 1. The van der Waals surface area contributed by atoms with Gasteiger partial charge in [-0.2, -0.15) is 0 Å². The maximum atomic E-state index is 14.1. The van der Waals surface area contributed by atoms with Crippen LogP contribution in [0.3, 0.4) is 0 Å². The van der Waals surface area contributed by atoms with Crippen molar-refractivity contribution in [2.75, 3.05) is 18.1 Å². The number of ether oxygens (including phenoxy) is 1. The highest BCUT2D eigenvalue weighted by atomic mass is 19.1. The Balaban J connectivity index is 1.90. The predicted molar refractivity (Wildman–Crippen MR) is 103 cm³/mol. The number of pyridine rings is 1. The Bertz CT molecular complexity index is 911. The SMILES string of the molecule is CCOC(=O)c1c[nH+]c2ccc(F)cc2c1N1C[C@@]2(C)C[C@@H]1CC(C)(C)C2. The average molecular weight is 371 g/mol. The van der Waals surface area contributed by atoms with Crippen LogP contribution in [0.4, 0.5) is 10.1 Å². The first-order chi connectivity index (χ1) is 12.7. The van der Waals surface area contributed by atoms with E-state index < -0.39 is 0 Å². The fourth-order valence-electron chi connectivity index (χ4n) is 5.60. The molecule has 144 valence electrons. The van der Waals surface area contributed by atoms with Gasteiger partial charge < -0.3 is 9.64 Å². The summed E-state index contributed by atoms with van der Waals surface area (Å²) in [6, 6.07) is 5.05. The van der Waals surface area contributed by atoms with Gasteiger partial charge in [0.15, 0.2) is 6.20 Å². The second-order valence-corrected chi connectivity index (χ2v) is 9.30. The molecule has 1 N–H and O–H groups in total. The van der Waals surface area contributed by atoms with Crippen molar-refractivity contribution >= 4 is 22.6 Å². The third kappa shape index (κ3) is 3.17. The molecule has 2 aliphatic rings. The summed E-state index contributed by atoms with van der Waals surface area (Å²) < 4.78 is 19.4. The number of carbonyl (C=O) groups excluding carboxylic acids is 1. The molecule has 1 saturated carbocycles. The van der Waals surface area contributed by atoms with Crippen molar-refractivity contribution in [3.8, 4) is 0 Å². The van der Waals surface area contributed by atoms with E-state index in [1.807, 2.05) is 0 Å². The van der Waals surface area contributed by atoms with Crippen molar-refractivity contribution < 1.29 is 18.9 Å². The molecule has 2 fully saturated rings. The number of aromatic nitrogens is 1. The van der Waals surface area contributed by atoms with Gasteiger partial charge in [0, 0.05) is 18.7 Å². The molecule has 27 heavy (non-hydrogen) atoms. The zero-order chi connectivity index (χ0) is 19.4. The van der Waals surface area contributed by atoms with E-state index in [2.05, 4.69) is 30.7 Å². The summed E-state index contributed by atoms with van der Waals surface area (Å²) in [7, 11) is 0. The number of fused-ring (bicyclic) bond motifs is 3. The molecule has 1 aliphatic carbocycles. The summed E-state index contributed by atoms with van der Waals surface area (Å²) in [6.07, 6.45) is 5.05. The molecule has 1 aromatic carbocycles. The maximum Gasteiger partial charge on any atom is 0.346 e. The van der Waals surface area contributed by atoms with Crippen molar-refractivity contribution in [1.29, 1.82) is 0 Å². The van der Waals surface area contributed by atoms with E-state index in [0.717, 1.165) is 42.4 Å². The van der Waals surface area contributed by atoms with Gasteiger partial charge in [0.2, 0.25) is 5.52 Å². The van der Waals surface area contributed by atoms with Gasteiger partial charge in [-0.15, -0.1) is 0 Å². The highest BCUT2D eigenvalue weighted by molar-refractivity contribution is 6.04. The van der Waals surface area contributed by atoms with Gasteiger partial charge >= 0.3 is 5.97 Å². The first-order valence-corrected chi connectivity index (χ1v) is 9.79. The number of rotatable bonds is 3. The monoisotopic (exact) mass is 371 g/mol. The van der Waals surface area contributed by atoms with Crippen LogP contribution < -0.4 is 9.88 Å². The van der Waals surface area contributed by atoms with Crippen molar-refractivity contribution in [2.24, 2.45) is 10.8 Å². The number of benzene rings is 1. The molecule has 0 spiro atoms. The Morgan fingerprint density at radius 3 is 2.85 bits per heavy atom. The van der Waals surface area contributed by atoms with Crippen molar-refractivity contribution in [2.45, 2.75) is 53.0 Å². The van der Waals surface area contributed by atoms with Gasteiger partial charge in [-0.3, -0.25) is 0 Å². The van der Waals surface area contributed by atoms with E-state index in [9.17, 15) is 9.18 Å². The summed E-state index contributed by atoms with van der Waals surface area (Å²) in [5.74, 6) is -0.660. The van der Waals surface area contributed by atoms with Gasteiger partial charge in [0.1, 0.15) is 11.4 Å². The molecule has 4 nitrogen and oxygen atoms in total. The zero-order valence-corrected chi connectivity index (χ0v) is 16.6. The number of halogens is 1. The minimum Gasteiger partial charge on any atom is -0.462 e. The lowest BCUT2D eigenvalue weighted by Gasteiger charge is -2.39. The van der Waals surface area contributed by atoms with Crippen molar-refractivity contribution in [1.82, 2.24) is 0 Å². The highest BCUT2D eigenvalue weighted by Gasteiger charge is 2.50. The molecule has 1 saturated heterocycles. The molecule has 0 radical (unpaired) electrons. The van der Waals surface area contributed by atoms with Crippen LogP contribution in [0.1, 0.15) is 57.3 Å². The van der Waals surface area contributed by atoms with Crippen LogP contribution in [0, 0.1) is 16.6 Å². The number of nitrogens with zero attached hydrogens (tertiary/aromatic N) is 1. The highest BCUT2D eigenvalue weighted by Crippen LogP contribution is 2.54. The minimum atomic E-state index is -0.360. The summed E-state index contributed by atoms with van der Waals surface area (Å²) in [6.45, 7) is 9.97. The van der Waals surface area contributed by atoms with Crippen molar-refractivity contribution in [3.05, 3.63) is 35.8 Å². The summed E-state index contributed by atoms with van der Waals surface area (Å²) in [5.41, 5.74) is 2.60. The van der Waals surface area contributed by atoms with E-state index in [4.69, 9.17) is 4.74 Å². The van der Waals surface area contributed by atoms with Gasteiger partial charge in [-0.25, -0.2) is 14.2 Å². The number of esters is 1. The van der Waals surface area contributed by atoms with E-state index in [1.165, 1.54) is 12.1 Å². The number of H-pyrrole nitrogens is 1.